The van der Waals surface area contributed by atoms with Crippen LogP contribution in [-0.4, -0.2) is 34.1 Å². The Morgan fingerprint density at radius 3 is 2.43 bits per heavy atom. The van der Waals surface area contributed by atoms with Gasteiger partial charge in [-0.15, -0.1) is 0 Å². The summed E-state index contributed by atoms with van der Waals surface area (Å²) in [6.45, 7) is 9.17. The van der Waals surface area contributed by atoms with Gasteiger partial charge >= 0.3 is 0 Å². The maximum atomic E-state index is 11.8. The summed E-state index contributed by atoms with van der Waals surface area (Å²) in [6.07, 6.45) is 8.87. The van der Waals surface area contributed by atoms with Crippen molar-refractivity contribution in [3.63, 3.8) is 0 Å². The van der Waals surface area contributed by atoms with Gasteiger partial charge in [0.05, 0.1) is 18.8 Å². The van der Waals surface area contributed by atoms with Crippen LogP contribution in [0.15, 0.2) is 11.6 Å². The molecule has 2 rings (SSSR count). The highest BCUT2D eigenvalue weighted by atomic mass is 16.3. The molecule has 0 unspecified atom stereocenters. The van der Waals surface area contributed by atoms with Gasteiger partial charge in [-0.25, -0.2) is 0 Å². The Kier molecular flexibility index (Phi) is 5.65. The Bertz CT molecular complexity index is 442. The minimum Gasteiger partial charge on any atom is -0.392 e. The highest BCUT2D eigenvalue weighted by Crippen LogP contribution is 2.63. The molecule has 0 saturated heterocycles. The van der Waals surface area contributed by atoms with E-state index in [1.54, 1.807) is 6.08 Å². The zero-order chi connectivity index (χ0) is 17.3. The Hall–Kier alpha value is -0.380. The summed E-state index contributed by atoms with van der Waals surface area (Å²) >= 11 is 0. The van der Waals surface area contributed by atoms with Crippen LogP contribution in [0, 0.1) is 22.7 Å². The number of rotatable bonds is 5. The van der Waals surface area contributed by atoms with E-state index < -0.39 is 5.60 Å². The fraction of sp³-hybridized carbons (Fsp3) is 0.900. The van der Waals surface area contributed by atoms with E-state index >= 15 is 0 Å². The lowest BCUT2D eigenvalue weighted by atomic mass is 9.44. The first kappa shape index (κ1) is 19.0. The van der Waals surface area contributed by atoms with Crippen LogP contribution >= 0.6 is 0 Å². The second-order valence-corrected chi connectivity index (χ2v) is 8.92. The molecule has 0 aliphatic heterocycles. The monoisotopic (exact) mass is 324 g/mol. The molecule has 134 valence electrons. The van der Waals surface area contributed by atoms with Crippen LogP contribution in [0.4, 0.5) is 0 Å². The van der Waals surface area contributed by atoms with Gasteiger partial charge in [0, 0.05) is 0 Å². The summed E-state index contributed by atoms with van der Waals surface area (Å²) in [5.74, 6) is 0.844. The fourth-order valence-electron chi connectivity index (χ4n) is 5.83. The Labute approximate surface area is 141 Å². The summed E-state index contributed by atoms with van der Waals surface area (Å²) < 4.78 is 0. The molecule has 0 bridgehead atoms. The van der Waals surface area contributed by atoms with E-state index in [1.165, 1.54) is 19.3 Å². The van der Waals surface area contributed by atoms with Crippen molar-refractivity contribution < 1.29 is 15.3 Å². The van der Waals surface area contributed by atoms with Crippen molar-refractivity contribution in [2.24, 2.45) is 22.7 Å². The topological polar surface area (TPSA) is 60.7 Å². The summed E-state index contributed by atoms with van der Waals surface area (Å²) in [5, 5.41) is 30.3. The van der Waals surface area contributed by atoms with E-state index in [9.17, 15) is 10.2 Å². The first-order valence-electron chi connectivity index (χ1n) is 9.33. The molecule has 2 fully saturated rings. The van der Waals surface area contributed by atoms with E-state index in [0.29, 0.717) is 24.2 Å². The van der Waals surface area contributed by atoms with Gasteiger partial charge in [0.25, 0.3) is 0 Å². The van der Waals surface area contributed by atoms with Gasteiger partial charge in [0.1, 0.15) is 0 Å². The van der Waals surface area contributed by atoms with Crippen LogP contribution in [0.2, 0.25) is 0 Å². The first-order valence-corrected chi connectivity index (χ1v) is 9.33. The average Bonchev–Trinajstić information content (AvgIpc) is 2.48. The summed E-state index contributed by atoms with van der Waals surface area (Å²) in [5.41, 5.74) is 0.402. The molecular weight excluding hydrogens is 288 g/mol. The third-order valence-electron chi connectivity index (χ3n) is 7.33. The maximum Gasteiger partial charge on any atom is 0.0732 e. The average molecular weight is 325 g/mol. The molecule has 3 N–H and O–H groups in total. The summed E-state index contributed by atoms with van der Waals surface area (Å²) in [4.78, 5) is 0. The van der Waals surface area contributed by atoms with E-state index in [4.69, 9.17) is 5.11 Å². The van der Waals surface area contributed by atoms with E-state index in [0.717, 1.165) is 18.4 Å². The van der Waals surface area contributed by atoms with Gasteiger partial charge in [0.15, 0.2) is 0 Å². The predicted molar refractivity (Wildman–Crippen MR) is 94.1 cm³/mol. The fourth-order valence-corrected chi connectivity index (χ4v) is 5.83. The van der Waals surface area contributed by atoms with Crippen molar-refractivity contribution in [3.8, 4) is 0 Å². The van der Waals surface area contributed by atoms with Crippen LogP contribution in [0.5, 0.6) is 0 Å². The molecule has 0 aromatic rings. The van der Waals surface area contributed by atoms with Crippen molar-refractivity contribution in [3.05, 3.63) is 11.6 Å². The second kappa shape index (κ2) is 6.85. The maximum absolute atomic E-state index is 11.8. The van der Waals surface area contributed by atoms with Crippen molar-refractivity contribution in [1.29, 1.82) is 0 Å². The Morgan fingerprint density at radius 2 is 1.83 bits per heavy atom. The minimum atomic E-state index is -0.683. The quantitative estimate of drug-likeness (QED) is 0.676. The van der Waals surface area contributed by atoms with Crippen molar-refractivity contribution in [1.82, 2.24) is 0 Å². The zero-order valence-corrected chi connectivity index (χ0v) is 15.4. The van der Waals surface area contributed by atoms with Crippen LogP contribution in [-0.2, 0) is 0 Å². The molecule has 3 nitrogen and oxygen atoms in total. The van der Waals surface area contributed by atoms with Crippen molar-refractivity contribution >= 4 is 0 Å². The van der Waals surface area contributed by atoms with Crippen LogP contribution < -0.4 is 0 Å². The lowest BCUT2D eigenvalue weighted by Crippen LogP contribution is -2.62. The standard InChI is InChI=1S/C20H36O3/c1-15-6-7-17-18(2,3)10-5-11-19(17,4)20(15,23)12-8-16(14-22)9-13-21/h9,15,17,21-23H,5-8,10-14H2,1-4H3/b16-9+/t15-,17-,19-,20+/m1/s1. The van der Waals surface area contributed by atoms with Crippen LogP contribution in [0.1, 0.15) is 72.6 Å². The Balaban J connectivity index is 2.27. The van der Waals surface area contributed by atoms with Gasteiger partial charge in [-0.1, -0.05) is 40.2 Å². The molecule has 0 amide bonds. The third kappa shape index (κ3) is 3.25. The molecule has 0 aromatic carbocycles. The smallest absolute Gasteiger partial charge is 0.0732 e. The summed E-state index contributed by atoms with van der Waals surface area (Å²) in [7, 11) is 0. The van der Waals surface area contributed by atoms with Gasteiger partial charge in [-0.3, -0.25) is 0 Å². The molecule has 2 aliphatic carbocycles. The molecule has 0 radical (unpaired) electrons. The van der Waals surface area contributed by atoms with Crippen molar-refractivity contribution in [2.45, 2.75) is 78.2 Å². The van der Waals surface area contributed by atoms with Gasteiger partial charge in [0.2, 0.25) is 0 Å². The number of aliphatic hydroxyl groups excluding tert-OH is 2. The molecule has 2 aliphatic rings. The Morgan fingerprint density at radius 1 is 1.13 bits per heavy atom. The van der Waals surface area contributed by atoms with Crippen LogP contribution in [0.3, 0.4) is 0 Å². The molecule has 0 spiro atoms. The largest absolute Gasteiger partial charge is 0.392 e. The van der Waals surface area contributed by atoms with E-state index in [2.05, 4.69) is 27.7 Å². The molecule has 3 heteroatoms. The molecule has 0 heterocycles. The van der Waals surface area contributed by atoms with E-state index in [-0.39, 0.29) is 24.5 Å². The van der Waals surface area contributed by atoms with Gasteiger partial charge in [-0.05, 0) is 66.8 Å². The third-order valence-corrected chi connectivity index (χ3v) is 7.33. The van der Waals surface area contributed by atoms with Crippen LogP contribution in [0.25, 0.3) is 0 Å². The number of fused-ring (bicyclic) bond motifs is 1. The normalized spacial score (nSPS) is 40.7. The van der Waals surface area contributed by atoms with Crippen molar-refractivity contribution in [2.75, 3.05) is 13.2 Å². The lowest BCUT2D eigenvalue weighted by molar-refractivity contribution is -0.211. The minimum absolute atomic E-state index is 0.0311. The lowest BCUT2D eigenvalue weighted by Gasteiger charge is -2.63. The second-order valence-electron chi connectivity index (χ2n) is 8.92. The highest BCUT2D eigenvalue weighted by molar-refractivity contribution is 5.13. The predicted octanol–water partition coefficient (Wildman–Crippen LogP) is 3.67. The number of aliphatic hydroxyl groups is 3. The first-order chi connectivity index (χ1) is 10.7. The van der Waals surface area contributed by atoms with Gasteiger partial charge in [-0.2, -0.15) is 0 Å². The molecule has 0 aromatic heterocycles. The summed E-state index contributed by atoms with van der Waals surface area (Å²) in [6, 6.07) is 0. The highest BCUT2D eigenvalue weighted by Gasteiger charge is 2.60. The number of hydrogen-bond acceptors (Lipinski definition) is 3. The zero-order valence-electron chi connectivity index (χ0n) is 15.4. The number of hydrogen-bond donors (Lipinski definition) is 3. The molecule has 4 atom stereocenters. The molecule has 23 heavy (non-hydrogen) atoms. The molecule has 2 saturated carbocycles. The SMILES string of the molecule is C[C@@H]1CC[C@@H]2C(C)(C)CCC[C@@]2(C)[C@]1(O)CC/C(=C\CO)CO. The molecular formula is C20H36O3. The van der Waals surface area contributed by atoms with Gasteiger partial charge < -0.3 is 15.3 Å². The van der Waals surface area contributed by atoms with E-state index in [1.807, 2.05) is 0 Å².